The van der Waals surface area contributed by atoms with Crippen molar-refractivity contribution in [1.82, 2.24) is 15.1 Å². The Morgan fingerprint density at radius 1 is 1.23 bits per heavy atom. The summed E-state index contributed by atoms with van der Waals surface area (Å²) in [4.78, 5) is 41.1. The summed E-state index contributed by atoms with van der Waals surface area (Å²) in [5.41, 5.74) is 0.891. The van der Waals surface area contributed by atoms with Crippen LogP contribution in [0.5, 0.6) is 5.75 Å². The summed E-state index contributed by atoms with van der Waals surface area (Å²) in [7, 11) is -2.09. The molecule has 3 amide bonds. The zero-order chi connectivity index (χ0) is 22.6. The molecule has 0 saturated carbocycles. The third kappa shape index (κ3) is 3.28. The van der Waals surface area contributed by atoms with Crippen molar-refractivity contribution in [3.8, 4) is 5.75 Å². The van der Waals surface area contributed by atoms with Gasteiger partial charge in [0.05, 0.1) is 18.3 Å². The van der Waals surface area contributed by atoms with Gasteiger partial charge >= 0.3 is 0 Å². The second-order valence-corrected chi connectivity index (χ2v) is 11.5. The van der Waals surface area contributed by atoms with E-state index >= 15 is 0 Å². The van der Waals surface area contributed by atoms with Crippen molar-refractivity contribution < 1.29 is 27.5 Å². The molecule has 0 aliphatic carbocycles. The number of hydrogen-bond donors (Lipinski definition) is 1. The summed E-state index contributed by atoms with van der Waals surface area (Å²) in [6.07, 6.45) is 1.06. The number of rotatable bonds is 5. The van der Waals surface area contributed by atoms with Crippen molar-refractivity contribution in [2.75, 3.05) is 13.7 Å². The fourth-order valence-electron chi connectivity index (χ4n) is 4.74. The first-order chi connectivity index (χ1) is 14.6. The maximum atomic E-state index is 13.4. The van der Waals surface area contributed by atoms with Crippen LogP contribution in [0, 0.1) is 0 Å². The maximum absolute atomic E-state index is 13.4. The van der Waals surface area contributed by atoms with Gasteiger partial charge in [-0.05, 0) is 44.4 Å². The van der Waals surface area contributed by atoms with Crippen LogP contribution >= 0.6 is 0 Å². The molecule has 168 valence electrons. The Bertz CT molecular complexity index is 1020. The minimum Gasteiger partial charge on any atom is -0.497 e. The number of amides is 3. The molecule has 1 N–H and O–H groups in total. The topological polar surface area (TPSA) is 113 Å². The number of nitrogens with one attached hydrogen (secondary N) is 1. The van der Waals surface area contributed by atoms with Crippen LogP contribution < -0.4 is 10.1 Å². The molecule has 3 saturated heterocycles. The van der Waals surface area contributed by atoms with Crippen LogP contribution in [0.1, 0.15) is 38.7 Å². The van der Waals surface area contributed by atoms with Crippen molar-refractivity contribution in [3.63, 3.8) is 0 Å². The van der Waals surface area contributed by atoms with Crippen LogP contribution in [0.2, 0.25) is 0 Å². The van der Waals surface area contributed by atoms with Gasteiger partial charge in [0.1, 0.15) is 23.2 Å². The fraction of sp³-hybridized carbons (Fsp3) is 0.571. The first kappa shape index (κ1) is 21.6. The zero-order valence-corrected chi connectivity index (χ0v) is 18.6. The first-order valence-corrected chi connectivity index (χ1v) is 11.9. The SMILES string of the molecule is COc1ccc(CNC(=O)C2CCCN2C(=O)C2N3C(=O)CC3S(=O)(=O)C2(C)C)cc1. The van der Waals surface area contributed by atoms with E-state index in [2.05, 4.69) is 5.32 Å². The van der Waals surface area contributed by atoms with Gasteiger partial charge in [-0.1, -0.05) is 12.1 Å². The van der Waals surface area contributed by atoms with E-state index in [1.54, 1.807) is 19.2 Å². The number of methoxy groups -OCH3 is 1. The number of likely N-dealkylation sites (tertiary alicyclic amines) is 1. The van der Waals surface area contributed by atoms with Gasteiger partial charge in [-0.25, -0.2) is 8.42 Å². The summed E-state index contributed by atoms with van der Waals surface area (Å²) in [5, 5.41) is 1.92. The summed E-state index contributed by atoms with van der Waals surface area (Å²) in [5.74, 6) is -0.370. The average Bonchev–Trinajstić information content (AvgIpc) is 3.27. The van der Waals surface area contributed by atoms with Gasteiger partial charge in [0.25, 0.3) is 0 Å². The van der Waals surface area contributed by atoms with Crippen LogP contribution in [0.3, 0.4) is 0 Å². The van der Waals surface area contributed by atoms with Crippen LogP contribution in [0.15, 0.2) is 24.3 Å². The minimum atomic E-state index is -3.67. The van der Waals surface area contributed by atoms with Crippen molar-refractivity contribution >= 4 is 27.6 Å². The molecule has 1 aromatic rings. The molecule has 4 rings (SSSR count). The number of β-lactam (4-membered cyclic amide) rings is 1. The molecule has 9 nitrogen and oxygen atoms in total. The van der Waals surface area contributed by atoms with Gasteiger partial charge < -0.3 is 19.9 Å². The van der Waals surface area contributed by atoms with Gasteiger partial charge in [0.15, 0.2) is 9.84 Å². The molecule has 0 spiro atoms. The highest BCUT2D eigenvalue weighted by atomic mass is 32.2. The molecule has 3 aliphatic rings. The number of fused-ring (bicyclic) bond motifs is 1. The van der Waals surface area contributed by atoms with Gasteiger partial charge in [0.2, 0.25) is 17.7 Å². The Balaban J connectivity index is 1.48. The van der Waals surface area contributed by atoms with Gasteiger partial charge in [0, 0.05) is 13.1 Å². The Kier molecular flexibility index (Phi) is 5.23. The fourth-order valence-corrected chi connectivity index (χ4v) is 6.87. The summed E-state index contributed by atoms with van der Waals surface area (Å²) in [6, 6.07) is 5.51. The van der Waals surface area contributed by atoms with E-state index in [9.17, 15) is 22.8 Å². The Morgan fingerprint density at radius 3 is 2.52 bits per heavy atom. The number of carbonyl (C=O) groups is 3. The maximum Gasteiger partial charge on any atom is 0.247 e. The lowest BCUT2D eigenvalue weighted by Crippen LogP contribution is -2.61. The highest BCUT2D eigenvalue weighted by Crippen LogP contribution is 2.46. The molecule has 3 aliphatic heterocycles. The predicted molar refractivity (Wildman–Crippen MR) is 112 cm³/mol. The highest BCUT2D eigenvalue weighted by molar-refractivity contribution is 7.93. The quantitative estimate of drug-likeness (QED) is 0.653. The van der Waals surface area contributed by atoms with Crippen molar-refractivity contribution in [3.05, 3.63) is 29.8 Å². The van der Waals surface area contributed by atoms with Crippen molar-refractivity contribution in [2.24, 2.45) is 0 Å². The van der Waals surface area contributed by atoms with Gasteiger partial charge in [-0.2, -0.15) is 0 Å². The molecule has 3 unspecified atom stereocenters. The molecule has 3 heterocycles. The van der Waals surface area contributed by atoms with E-state index in [0.717, 1.165) is 11.3 Å². The Morgan fingerprint density at radius 2 is 1.90 bits per heavy atom. The van der Waals surface area contributed by atoms with Crippen molar-refractivity contribution in [1.29, 1.82) is 0 Å². The molecule has 0 aromatic heterocycles. The number of nitrogens with zero attached hydrogens (tertiary/aromatic N) is 2. The lowest BCUT2D eigenvalue weighted by Gasteiger charge is -2.39. The van der Waals surface area contributed by atoms with E-state index in [4.69, 9.17) is 4.74 Å². The van der Waals surface area contributed by atoms with Crippen LogP contribution in [-0.2, 0) is 30.8 Å². The Hall–Kier alpha value is -2.62. The van der Waals surface area contributed by atoms with E-state index < -0.39 is 37.9 Å². The number of sulfone groups is 1. The number of carbonyl (C=O) groups excluding carboxylic acids is 3. The second-order valence-electron chi connectivity index (χ2n) is 8.77. The summed E-state index contributed by atoms with van der Waals surface area (Å²) in [6.45, 7) is 3.65. The number of benzene rings is 1. The molecular weight excluding hydrogens is 422 g/mol. The van der Waals surface area contributed by atoms with E-state index in [0.29, 0.717) is 25.9 Å². The van der Waals surface area contributed by atoms with Gasteiger partial charge in [-0.15, -0.1) is 0 Å². The standard InChI is InChI=1S/C21H27N3O6S/c1-21(2)18(24-16(25)11-17(24)31(21,28)29)20(27)23-10-4-5-15(23)19(26)22-12-13-6-8-14(30-3)9-7-13/h6-9,15,17-18H,4-5,10-12H2,1-3H3,(H,22,26). The van der Waals surface area contributed by atoms with Gasteiger partial charge in [-0.3, -0.25) is 14.4 Å². The largest absolute Gasteiger partial charge is 0.497 e. The molecule has 1 aromatic carbocycles. The lowest BCUT2D eigenvalue weighted by atomic mass is 9.96. The third-order valence-corrected chi connectivity index (χ3v) is 9.47. The lowest BCUT2D eigenvalue weighted by molar-refractivity contribution is -0.155. The van der Waals surface area contributed by atoms with Crippen molar-refractivity contribution in [2.45, 2.75) is 61.9 Å². The monoisotopic (exact) mass is 449 g/mol. The Labute approximate surface area is 181 Å². The normalized spacial score (nSPS) is 28.1. The average molecular weight is 450 g/mol. The minimum absolute atomic E-state index is 0.0820. The molecule has 3 atom stereocenters. The molecule has 0 bridgehead atoms. The molecule has 0 radical (unpaired) electrons. The molecule has 10 heteroatoms. The first-order valence-electron chi connectivity index (χ1n) is 10.4. The molecule has 3 fully saturated rings. The van der Waals surface area contributed by atoms with E-state index in [-0.39, 0.29) is 18.2 Å². The third-order valence-electron chi connectivity index (χ3n) is 6.67. The predicted octanol–water partition coefficient (Wildman–Crippen LogP) is 0.436. The highest BCUT2D eigenvalue weighted by Gasteiger charge is 2.68. The number of hydrogen-bond acceptors (Lipinski definition) is 6. The van der Waals surface area contributed by atoms with Crippen LogP contribution in [0.4, 0.5) is 0 Å². The summed E-state index contributed by atoms with van der Waals surface area (Å²) < 4.78 is 29.4. The summed E-state index contributed by atoms with van der Waals surface area (Å²) >= 11 is 0. The smallest absolute Gasteiger partial charge is 0.247 e. The van der Waals surface area contributed by atoms with Crippen LogP contribution in [0.25, 0.3) is 0 Å². The second kappa shape index (κ2) is 7.51. The molecular formula is C21H27N3O6S. The molecule has 31 heavy (non-hydrogen) atoms. The van der Waals surface area contributed by atoms with E-state index in [1.807, 2.05) is 12.1 Å². The zero-order valence-electron chi connectivity index (χ0n) is 17.8. The number of ether oxygens (including phenoxy) is 1. The van der Waals surface area contributed by atoms with Crippen LogP contribution in [-0.4, -0.2) is 71.8 Å². The van der Waals surface area contributed by atoms with E-state index in [1.165, 1.54) is 23.6 Å².